The van der Waals surface area contributed by atoms with E-state index in [0.29, 0.717) is 0 Å². The van der Waals surface area contributed by atoms with Crippen molar-refractivity contribution in [1.29, 1.82) is 0 Å². The van der Waals surface area contributed by atoms with E-state index in [0.717, 1.165) is 100 Å². The van der Waals surface area contributed by atoms with Crippen molar-refractivity contribution in [1.82, 2.24) is 39.9 Å². The summed E-state index contributed by atoms with van der Waals surface area (Å²) in [5.41, 5.74) is 55.1. The van der Waals surface area contributed by atoms with Gasteiger partial charge in [0.1, 0.15) is 17.5 Å². The van der Waals surface area contributed by atoms with E-state index in [2.05, 4.69) is 218 Å². The quantitative estimate of drug-likeness (QED) is 0.144. The first-order valence-electron chi connectivity index (χ1n) is 39.3. The Balaban J connectivity index is 0.0000000847. The van der Waals surface area contributed by atoms with Gasteiger partial charge in [-0.1, -0.05) is 140 Å². The van der Waals surface area contributed by atoms with E-state index in [1.807, 2.05) is 80.2 Å². The minimum Gasteiger partial charge on any atom is -0.306 e. The summed E-state index contributed by atoms with van der Waals surface area (Å²) in [6.07, 6.45) is 31.0. The number of fused-ring (bicyclic) bond motifs is 32. The normalized spacial score (nSPS) is 14.6. The average Bonchev–Trinajstić information content (AvgIpc) is 1.17. The van der Waals surface area contributed by atoms with Gasteiger partial charge in [0, 0.05) is 113 Å². The van der Waals surface area contributed by atoms with Crippen LogP contribution in [0.25, 0.3) is 44.5 Å². The highest BCUT2D eigenvalue weighted by atomic mass is 15.2. The van der Waals surface area contributed by atoms with E-state index < -0.39 is 0 Å². The Hall–Kier alpha value is -13.8. The zero-order valence-electron chi connectivity index (χ0n) is 61.3. The largest absolute Gasteiger partial charge is 0.306 e. The molecule has 0 amide bonds. The third-order valence-corrected chi connectivity index (χ3v) is 25.8. The molecule has 4 aliphatic carbocycles. The Morgan fingerprint density at radius 2 is 0.509 bits per heavy atom. The number of nitrogens with zero attached hydrogens (tertiary/aromatic N) is 12. The summed E-state index contributed by atoms with van der Waals surface area (Å²) in [4.78, 5) is 47.2. The van der Waals surface area contributed by atoms with Gasteiger partial charge in [-0.25, -0.2) is 15.0 Å². The maximum atomic E-state index is 4.80. The van der Waals surface area contributed by atoms with Crippen LogP contribution in [0.4, 0.5) is 68.6 Å². The number of anilines is 12. The standard InChI is InChI=1S/4C25H17N3/c1-2-6-18-15(4-1)13-20-19(18)7-8-23-21(20)14-22-24-16(9-11-26-22)12-17-5-3-10-27-25(17)28(23)24;1-2-6-18-15(4-1)12-20-19(18)7-8-23-21(20)13-16-9-11-26-22-14-17-5-3-10-27-25(17)28(23)24(16)22;1-2-6-19-15(4-1)11-21-20(19)7-8-23-22(21)12-18-14-26-13-17-10-16-5-3-9-27-25(16)28(23)24(17)18;1-2-4-18-15(3-1)12-20-19(18)5-6-23-21(20)13-22-25-17(8-10-27-22)11-16-7-9-26-14-24(16)28(23)25/h2*1-11H,12-14H2;1-9,13-14H,10-12H2;1-10,14H,11-13H2. The second-order valence-electron chi connectivity index (χ2n) is 31.5. The molecular formula is C100H68N12. The molecule has 0 saturated heterocycles. The molecule has 0 unspecified atom stereocenters. The van der Waals surface area contributed by atoms with E-state index >= 15 is 0 Å². The Bertz CT molecular complexity index is 6040. The molecule has 12 nitrogen and oxygen atoms in total. The predicted molar refractivity (Wildman–Crippen MR) is 442 cm³/mol. The van der Waals surface area contributed by atoms with Gasteiger partial charge in [-0.2, -0.15) is 0 Å². The second-order valence-corrected chi connectivity index (χ2v) is 31.5. The van der Waals surface area contributed by atoms with Crippen molar-refractivity contribution in [2.24, 2.45) is 0 Å². The van der Waals surface area contributed by atoms with Crippen LogP contribution in [0.5, 0.6) is 0 Å². The molecule has 28 rings (SSSR count). The highest BCUT2D eigenvalue weighted by molar-refractivity contribution is 5.97. The molecular weight excluding hydrogens is 1370 g/mol. The van der Waals surface area contributed by atoms with Crippen LogP contribution in [0.3, 0.4) is 0 Å². The van der Waals surface area contributed by atoms with E-state index in [1.54, 1.807) is 0 Å². The molecule has 8 aromatic heterocycles. The number of pyridine rings is 8. The Labute approximate surface area is 647 Å². The second kappa shape index (κ2) is 23.8. The minimum absolute atomic E-state index is 0.856. The zero-order chi connectivity index (χ0) is 73.0. The van der Waals surface area contributed by atoms with Crippen molar-refractivity contribution in [3.8, 4) is 44.5 Å². The number of benzene rings is 8. The molecule has 0 saturated carbocycles. The van der Waals surface area contributed by atoms with Crippen LogP contribution in [0.2, 0.25) is 0 Å². The summed E-state index contributed by atoms with van der Waals surface area (Å²) in [7, 11) is 0. The lowest BCUT2D eigenvalue weighted by Gasteiger charge is -2.39. The van der Waals surface area contributed by atoms with Crippen molar-refractivity contribution >= 4 is 68.6 Å². The van der Waals surface area contributed by atoms with Crippen LogP contribution in [-0.4, -0.2) is 39.9 Å². The van der Waals surface area contributed by atoms with Crippen LogP contribution < -0.4 is 19.6 Å². The summed E-state index contributed by atoms with van der Waals surface area (Å²) in [5.74, 6) is 3.18. The number of hydrogen-bond donors (Lipinski definition) is 0. The lowest BCUT2D eigenvalue weighted by Crippen LogP contribution is -2.26. The van der Waals surface area contributed by atoms with Gasteiger partial charge in [0.25, 0.3) is 0 Å². The van der Waals surface area contributed by atoms with Crippen molar-refractivity contribution in [3.63, 3.8) is 0 Å². The molecule has 8 aliphatic heterocycles. The lowest BCUT2D eigenvalue weighted by molar-refractivity contribution is 0.932. The van der Waals surface area contributed by atoms with Crippen LogP contribution in [0.15, 0.2) is 268 Å². The van der Waals surface area contributed by atoms with Crippen molar-refractivity contribution in [2.75, 3.05) is 19.6 Å². The number of aromatic nitrogens is 8. The highest BCUT2D eigenvalue weighted by Gasteiger charge is 2.41. The van der Waals surface area contributed by atoms with Crippen LogP contribution in [0.1, 0.15) is 134 Å². The van der Waals surface area contributed by atoms with Gasteiger partial charge in [-0.3, -0.25) is 39.6 Å². The lowest BCUT2D eigenvalue weighted by atomic mass is 9.86. The fraction of sp³-hybridized carbons (Fsp3) is 0.120. The van der Waals surface area contributed by atoms with Gasteiger partial charge in [-0.05, 0) is 248 Å². The van der Waals surface area contributed by atoms with Crippen LogP contribution in [-0.2, 0) is 77.0 Å². The summed E-state index contributed by atoms with van der Waals surface area (Å²) in [6, 6.07) is 74.9. The van der Waals surface area contributed by atoms with Crippen molar-refractivity contribution in [2.45, 2.75) is 77.0 Å². The summed E-state index contributed by atoms with van der Waals surface area (Å²) in [6.45, 7) is 0. The fourth-order valence-corrected chi connectivity index (χ4v) is 21.0. The van der Waals surface area contributed by atoms with E-state index in [1.165, 1.54) is 224 Å². The zero-order valence-corrected chi connectivity index (χ0v) is 61.3. The SMILES string of the molecule is c1ccc2c(c1)Cc1c-2ccc2c1Cc1ccnc3c1N2c1ncccc1C3.c1ccc2c(c1)Cc1c-2ccc2c1Cc1cncc3c1N2c1ncccc1C3.c1ccc2c(c1)Cc1c-2ccc2c1Cc1nccc3c1N2c1cnccc1C3.c1ccc2c(c1)Cc1c-2ccc2c1Cc1nccc3c1N2c1ncccc1C3. The highest BCUT2D eigenvalue weighted by Crippen LogP contribution is 2.58. The van der Waals surface area contributed by atoms with Gasteiger partial charge in [0.2, 0.25) is 0 Å². The smallest absolute Gasteiger partial charge is 0.141 e. The molecule has 16 heterocycles. The summed E-state index contributed by atoms with van der Waals surface area (Å²) in [5, 5.41) is 0. The van der Waals surface area contributed by atoms with Crippen LogP contribution >= 0.6 is 0 Å². The van der Waals surface area contributed by atoms with E-state index in [4.69, 9.17) is 29.9 Å². The summed E-state index contributed by atoms with van der Waals surface area (Å²) < 4.78 is 0. The number of hydrogen-bond acceptors (Lipinski definition) is 12. The topological polar surface area (TPSA) is 116 Å². The third-order valence-electron chi connectivity index (χ3n) is 25.8. The average molecular weight is 1440 g/mol. The fourth-order valence-electron chi connectivity index (χ4n) is 21.0. The molecule has 0 N–H and O–H groups in total. The Morgan fingerprint density at radius 1 is 0.179 bits per heavy atom. The molecule has 0 atom stereocenters. The Kier molecular flexibility index (Phi) is 13.2. The minimum atomic E-state index is 0.856. The van der Waals surface area contributed by atoms with E-state index in [9.17, 15) is 0 Å². The van der Waals surface area contributed by atoms with Crippen molar-refractivity contribution < 1.29 is 0 Å². The third kappa shape index (κ3) is 9.05. The van der Waals surface area contributed by atoms with E-state index in [-0.39, 0.29) is 0 Å². The molecule has 0 radical (unpaired) electrons. The van der Waals surface area contributed by atoms with Gasteiger partial charge in [-0.15, -0.1) is 0 Å². The molecule has 0 fully saturated rings. The first-order valence-corrected chi connectivity index (χ1v) is 39.3. The van der Waals surface area contributed by atoms with Gasteiger partial charge in [0.05, 0.1) is 74.5 Å². The van der Waals surface area contributed by atoms with Gasteiger partial charge >= 0.3 is 0 Å². The maximum Gasteiger partial charge on any atom is 0.141 e. The predicted octanol–water partition coefficient (Wildman–Crippen LogP) is 21.3. The molecule has 528 valence electrons. The molecule has 8 aromatic carbocycles. The maximum absolute atomic E-state index is 4.80. The molecule has 12 aliphatic rings. The summed E-state index contributed by atoms with van der Waals surface area (Å²) >= 11 is 0. The number of rotatable bonds is 0. The van der Waals surface area contributed by atoms with Crippen molar-refractivity contribution in [3.05, 3.63) is 402 Å². The van der Waals surface area contributed by atoms with Gasteiger partial charge in [0.15, 0.2) is 0 Å². The molecule has 12 heteroatoms. The molecule has 0 bridgehead atoms. The Morgan fingerprint density at radius 3 is 0.973 bits per heavy atom. The first-order chi connectivity index (χ1) is 55.5. The molecule has 112 heavy (non-hydrogen) atoms. The van der Waals surface area contributed by atoms with Gasteiger partial charge < -0.3 is 4.90 Å². The molecule has 16 aromatic rings. The monoisotopic (exact) mass is 1440 g/mol. The first kappa shape index (κ1) is 62.1. The molecule has 0 spiro atoms. The van der Waals surface area contributed by atoms with Crippen LogP contribution in [0, 0.1) is 0 Å².